The first-order valence-corrected chi connectivity index (χ1v) is 12.4. The number of thioether (sulfide) groups is 1. The van der Waals surface area contributed by atoms with E-state index in [0.717, 1.165) is 17.5 Å². The third-order valence-electron chi connectivity index (χ3n) is 4.72. The zero-order valence-electron chi connectivity index (χ0n) is 20.7. The molecule has 1 aromatic carbocycles. The normalized spacial score (nSPS) is 13.3. The van der Waals surface area contributed by atoms with Gasteiger partial charge in [-0.05, 0) is 70.6 Å². The molecule has 1 aromatic rings. The number of alkyl carbamates (subject to hydrolysis) is 1. The number of benzene rings is 1. The topological polar surface area (TPSA) is 87.7 Å². The van der Waals surface area contributed by atoms with E-state index in [9.17, 15) is 14.4 Å². The Hall–Kier alpha value is -2.22. The quantitative estimate of drug-likeness (QED) is 0.547. The van der Waals surface area contributed by atoms with E-state index < -0.39 is 23.8 Å². The fourth-order valence-electron chi connectivity index (χ4n) is 3.17. The van der Waals surface area contributed by atoms with Gasteiger partial charge in [0.25, 0.3) is 0 Å². The summed E-state index contributed by atoms with van der Waals surface area (Å²) in [5.41, 5.74) is 1.19. The van der Waals surface area contributed by atoms with Gasteiger partial charge in [-0.3, -0.25) is 9.59 Å². The van der Waals surface area contributed by atoms with Gasteiger partial charge in [-0.25, -0.2) is 4.79 Å². The summed E-state index contributed by atoms with van der Waals surface area (Å²) in [6.45, 7) is 11.1. The molecule has 3 amide bonds. The molecule has 0 aliphatic rings. The van der Waals surface area contributed by atoms with Crippen molar-refractivity contribution in [1.82, 2.24) is 15.5 Å². The van der Waals surface area contributed by atoms with Crippen LogP contribution in [0.1, 0.15) is 65.1 Å². The number of nitrogens with zero attached hydrogens (tertiary/aromatic N) is 1. The summed E-state index contributed by atoms with van der Waals surface area (Å²) in [5.74, 6) is 0.0723. The minimum atomic E-state index is -0.812. The molecule has 0 heterocycles. The van der Waals surface area contributed by atoms with Crippen LogP contribution in [-0.4, -0.2) is 59.5 Å². The zero-order chi connectivity index (χ0) is 24.5. The van der Waals surface area contributed by atoms with Crippen LogP contribution in [0, 0.1) is 0 Å². The average molecular weight is 466 g/mol. The van der Waals surface area contributed by atoms with Crippen molar-refractivity contribution in [2.24, 2.45) is 0 Å². The smallest absolute Gasteiger partial charge is 0.408 e. The first-order chi connectivity index (χ1) is 14.9. The predicted octanol–water partition coefficient (Wildman–Crippen LogP) is 3.92. The maximum Gasteiger partial charge on any atom is 0.408 e. The molecule has 32 heavy (non-hydrogen) atoms. The Morgan fingerprint density at radius 3 is 2.16 bits per heavy atom. The number of hydrogen-bond acceptors (Lipinski definition) is 5. The Balaban J connectivity index is 3.20. The summed E-state index contributed by atoms with van der Waals surface area (Å²) in [4.78, 5) is 40.3. The van der Waals surface area contributed by atoms with E-state index in [0.29, 0.717) is 12.2 Å². The lowest BCUT2D eigenvalue weighted by molar-refractivity contribution is -0.141. The van der Waals surface area contributed by atoms with Crippen LogP contribution in [0.5, 0.6) is 0 Å². The molecule has 0 radical (unpaired) electrons. The van der Waals surface area contributed by atoms with E-state index >= 15 is 0 Å². The number of aryl methyl sites for hydroxylation is 1. The highest BCUT2D eigenvalue weighted by atomic mass is 32.2. The molecule has 2 unspecified atom stereocenters. The SMILES string of the molecule is CCc1ccc(C(C(=O)NC(C)C)N(C)C(=O)C(CCSC)NC(=O)OC(C)(C)C)cc1. The van der Waals surface area contributed by atoms with Gasteiger partial charge >= 0.3 is 6.09 Å². The first kappa shape index (κ1) is 27.8. The highest BCUT2D eigenvalue weighted by Gasteiger charge is 2.34. The lowest BCUT2D eigenvalue weighted by Gasteiger charge is -2.32. The number of nitrogens with one attached hydrogen (secondary N) is 2. The Morgan fingerprint density at radius 1 is 1.09 bits per heavy atom. The van der Waals surface area contributed by atoms with Crippen molar-refractivity contribution in [3.8, 4) is 0 Å². The minimum absolute atomic E-state index is 0.0735. The summed E-state index contributed by atoms with van der Waals surface area (Å²) in [6, 6.07) is 6.01. The highest BCUT2D eigenvalue weighted by molar-refractivity contribution is 7.98. The maximum atomic E-state index is 13.4. The molecule has 0 aliphatic carbocycles. The van der Waals surface area contributed by atoms with Gasteiger partial charge in [-0.1, -0.05) is 31.2 Å². The van der Waals surface area contributed by atoms with E-state index in [1.165, 1.54) is 4.90 Å². The fraction of sp³-hybridized carbons (Fsp3) is 0.625. The molecule has 0 spiro atoms. The summed E-state index contributed by atoms with van der Waals surface area (Å²) < 4.78 is 5.34. The van der Waals surface area contributed by atoms with Crippen molar-refractivity contribution in [1.29, 1.82) is 0 Å². The monoisotopic (exact) mass is 465 g/mol. The van der Waals surface area contributed by atoms with Crippen LogP contribution in [0.3, 0.4) is 0 Å². The molecule has 2 atom stereocenters. The third kappa shape index (κ3) is 9.10. The molecular weight excluding hydrogens is 426 g/mol. The van der Waals surface area contributed by atoms with E-state index in [1.807, 2.05) is 44.4 Å². The third-order valence-corrected chi connectivity index (χ3v) is 5.36. The first-order valence-electron chi connectivity index (χ1n) is 11.0. The molecule has 0 fully saturated rings. The van der Waals surface area contributed by atoms with E-state index in [1.54, 1.807) is 39.6 Å². The van der Waals surface area contributed by atoms with Crippen molar-refractivity contribution in [3.05, 3.63) is 35.4 Å². The van der Waals surface area contributed by atoms with Crippen molar-refractivity contribution in [3.63, 3.8) is 0 Å². The van der Waals surface area contributed by atoms with Crippen LogP contribution in [0.15, 0.2) is 24.3 Å². The molecule has 1 rings (SSSR count). The lowest BCUT2D eigenvalue weighted by Crippen LogP contribution is -2.52. The number of ether oxygens (including phenoxy) is 1. The van der Waals surface area contributed by atoms with Crippen LogP contribution in [-0.2, 0) is 20.7 Å². The lowest BCUT2D eigenvalue weighted by atomic mass is 10.0. The molecule has 0 aromatic heterocycles. The van der Waals surface area contributed by atoms with Crippen molar-refractivity contribution >= 4 is 29.7 Å². The van der Waals surface area contributed by atoms with Crippen LogP contribution < -0.4 is 10.6 Å². The molecule has 8 heteroatoms. The molecular formula is C24H39N3O4S. The van der Waals surface area contributed by atoms with Crippen LogP contribution in [0.25, 0.3) is 0 Å². The van der Waals surface area contributed by atoms with Gasteiger partial charge in [-0.15, -0.1) is 0 Å². The number of carbonyl (C=O) groups excluding carboxylic acids is 3. The second kappa shape index (κ2) is 12.7. The van der Waals surface area contributed by atoms with Crippen LogP contribution in [0.2, 0.25) is 0 Å². The number of likely N-dealkylation sites (N-methyl/N-ethyl adjacent to an activating group) is 1. The molecule has 180 valence electrons. The van der Waals surface area contributed by atoms with Crippen molar-refractivity contribution in [2.45, 2.75) is 78.1 Å². The van der Waals surface area contributed by atoms with Gasteiger partial charge in [0, 0.05) is 13.1 Å². The molecule has 0 aliphatic heterocycles. The summed E-state index contributed by atoms with van der Waals surface area (Å²) in [6.07, 6.45) is 2.60. The zero-order valence-corrected chi connectivity index (χ0v) is 21.5. The number of hydrogen-bond donors (Lipinski definition) is 2. The molecule has 0 saturated carbocycles. The fourth-order valence-corrected chi connectivity index (χ4v) is 3.64. The van der Waals surface area contributed by atoms with Crippen molar-refractivity contribution < 1.29 is 19.1 Å². The van der Waals surface area contributed by atoms with Gasteiger partial charge in [0.05, 0.1) is 0 Å². The summed E-state index contributed by atoms with van der Waals surface area (Å²) in [5, 5.41) is 5.61. The van der Waals surface area contributed by atoms with E-state index in [-0.39, 0.29) is 17.9 Å². The van der Waals surface area contributed by atoms with Crippen molar-refractivity contribution in [2.75, 3.05) is 19.1 Å². The van der Waals surface area contributed by atoms with Crippen LogP contribution >= 0.6 is 11.8 Å². The Kier molecular flexibility index (Phi) is 11.1. The predicted molar refractivity (Wildman–Crippen MR) is 131 cm³/mol. The summed E-state index contributed by atoms with van der Waals surface area (Å²) >= 11 is 1.58. The Bertz CT molecular complexity index is 760. The largest absolute Gasteiger partial charge is 0.444 e. The van der Waals surface area contributed by atoms with E-state index in [4.69, 9.17) is 4.74 Å². The van der Waals surface area contributed by atoms with Gasteiger partial charge < -0.3 is 20.3 Å². The maximum absolute atomic E-state index is 13.4. The molecule has 7 nitrogen and oxygen atoms in total. The van der Waals surface area contributed by atoms with Gasteiger partial charge in [0.1, 0.15) is 17.7 Å². The average Bonchev–Trinajstić information content (AvgIpc) is 2.69. The number of rotatable bonds is 10. The van der Waals surface area contributed by atoms with Gasteiger partial charge in [0.2, 0.25) is 11.8 Å². The molecule has 0 bridgehead atoms. The van der Waals surface area contributed by atoms with Gasteiger partial charge in [0.15, 0.2) is 0 Å². The molecule has 0 saturated heterocycles. The Labute approximate surface area is 197 Å². The van der Waals surface area contributed by atoms with Gasteiger partial charge in [-0.2, -0.15) is 11.8 Å². The summed E-state index contributed by atoms with van der Waals surface area (Å²) in [7, 11) is 1.60. The molecule has 2 N–H and O–H groups in total. The van der Waals surface area contributed by atoms with Crippen LogP contribution in [0.4, 0.5) is 4.79 Å². The second-order valence-corrected chi connectivity index (χ2v) is 10.1. The Morgan fingerprint density at radius 2 is 1.69 bits per heavy atom. The highest BCUT2D eigenvalue weighted by Crippen LogP contribution is 2.23. The number of carbonyl (C=O) groups is 3. The number of amides is 3. The minimum Gasteiger partial charge on any atom is -0.444 e. The second-order valence-electron chi connectivity index (χ2n) is 9.09. The van der Waals surface area contributed by atoms with E-state index in [2.05, 4.69) is 17.6 Å². The standard InChI is InChI=1S/C24H39N3O4S/c1-9-17-10-12-18(13-11-17)20(21(28)25-16(2)3)27(7)22(29)19(14-15-32-8)26-23(30)31-24(4,5)6/h10-13,16,19-20H,9,14-15H2,1-8H3,(H,25,28)(H,26,30).